The molecule has 0 radical (unpaired) electrons. The maximum absolute atomic E-state index is 13.6. The third kappa shape index (κ3) is 5.07. The molecular formula is C21H24FN3O3. The Labute approximate surface area is 163 Å². The molecule has 0 saturated carbocycles. The van der Waals surface area contributed by atoms with Crippen molar-refractivity contribution in [2.75, 3.05) is 25.0 Å². The minimum Gasteiger partial charge on any atom is -0.483 e. The standard InChI is InChI=1S/C21H24FN3O3/c1-14-12-23-11-10-17(14)25-21(27)15-6-2-5-9-19(15)28-13-20(26)24-18-8-4-3-7-16(18)22/h2-9,14,17,23H,10-13H2,1H3,(H,24,26)(H,25,27). The first-order valence-electron chi connectivity index (χ1n) is 9.32. The lowest BCUT2D eigenvalue weighted by molar-refractivity contribution is -0.118. The highest BCUT2D eigenvalue weighted by Crippen LogP contribution is 2.20. The van der Waals surface area contributed by atoms with E-state index in [0.717, 1.165) is 19.5 Å². The molecule has 2 amide bonds. The van der Waals surface area contributed by atoms with Crippen LogP contribution in [0.3, 0.4) is 0 Å². The van der Waals surface area contributed by atoms with Crippen molar-refractivity contribution in [2.24, 2.45) is 5.92 Å². The van der Waals surface area contributed by atoms with Crippen LogP contribution >= 0.6 is 0 Å². The number of anilines is 1. The molecule has 7 heteroatoms. The van der Waals surface area contributed by atoms with Gasteiger partial charge in [0.15, 0.2) is 6.61 Å². The van der Waals surface area contributed by atoms with E-state index in [4.69, 9.17) is 4.74 Å². The highest BCUT2D eigenvalue weighted by molar-refractivity contribution is 5.97. The van der Waals surface area contributed by atoms with Crippen LogP contribution in [0.2, 0.25) is 0 Å². The number of ether oxygens (including phenoxy) is 1. The fourth-order valence-electron chi connectivity index (χ4n) is 3.15. The molecule has 0 aliphatic carbocycles. The predicted molar refractivity (Wildman–Crippen MR) is 105 cm³/mol. The minimum absolute atomic E-state index is 0.0852. The fourth-order valence-corrected chi connectivity index (χ4v) is 3.15. The Kier molecular flexibility index (Phi) is 6.60. The molecule has 6 nitrogen and oxygen atoms in total. The SMILES string of the molecule is CC1CNCCC1NC(=O)c1ccccc1OCC(=O)Nc1ccccc1F. The summed E-state index contributed by atoms with van der Waals surface area (Å²) in [6.07, 6.45) is 0.862. The van der Waals surface area contributed by atoms with Crippen molar-refractivity contribution in [2.45, 2.75) is 19.4 Å². The third-order valence-corrected chi connectivity index (χ3v) is 4.74. The Hall–Kier alpha value is -2.93. The summed E-state index contributed by atoms with van der Waals surface area (Å²) in [5.41, 5.74) is 0.453. The van der Waals surface area contributed by atoms with Crippen LogP contribution < -0.4 is 20.7 Å². The summed E-state index contributed by atoms with van der Waals surface area (Å²) < 4.78 is 19.2. The van der Waals surface area contributed by atoms with Gasteiger partial charge in [0, 0.05) is 6.04 Å². The Balaban J connectivity index is 1.61. The van der Waals surface area contributed by atoms with Gasteiger partial charge in [-0.2, -0.15) is 0 Å². The lowest BCUT2D eigenvalue weighted by Gasteiger charge is -2.30. The van der Waals surface area contributed by atoms with Gasteiger partial charge in [-0.1, -0.05) is 31.2 Å². The number of piperidine rings is 1. The molecular weight excluding hydrogens is 361 g/mol. The van der Waals surface area contributed by atoms with Crippen LogP contribution in [0.4, 0.5) is 10.1 Å². The van der Waals surface area contributed by atoms with Crippen molar-refractivity contribution in [3.63, 3.8) is 0 Å². The van der Waals surface area contributed by atoms with Crippen molar-refractivity contribution in [3.05, 3.63) is 59.9 Å². The second kappa shape index (κ2) is 9.32. The molecule has 2 aromatic carbocycles. The van der Waals surface area contributed by atoms with Crippen molar-refractivity contribution in [3.8, 4) is 5.75 Å². The second-order valence-corrected chi connectivity index (χ2v) is 6.86. The van der Waals surface area contributed by atoms with Crippen LogP contribution in [0.15, 0.2) is 48.5 Å². The molecule has 1 fully saturated rings. The van der Waals surface area contributed by atoms with Crippen molar-refractivity contribution in [1.29, 1.82) is 0 Å². The van der Waals surface area contributed by atoms with E-state index in [2.05, 4.69) is 22.9 Å². The maximum Gasteiger partial charge on any atom is 0.262 e. The number of carbonyl (C=O) groups excluding carboxylic acids is 2. The number of amides is 2. The van der Waals surface area contributed by atoms with E-state index in [1.54, 1.807) is 36.4 Å². The van der Waals surface area contributed by atoms with Gasteiger partial charge in [-0.15, -0.1) is 0 Å². The molecule has 148 valence electrons. The topological polar surface area (TPSA) is 79.5 Å². The normalized spacial score (nSPS) is 18.9. The Morgan fingerprint density at radius 2 is 1.93 bits per heavy atom. The average molecular weight is 385 g/mol. The zero-order valence-corrected chi connectivity index (χ0v) is 15.7. The van der Waals surface area contributed by atoms with Crippen LogP contribution in [0, 0.1) is 11.7 Å². The summed E-state index contributed by atoms with van der Waals surface area (Å²) in [5.74, 6) is -0.620. The first-order chi connectivity index (χ1) is 13.5. The molecule has 3 N–H and O–H groups in total. The second-order valence-electron chi connectivity index (χ2n) is 6.86. The van der Waals surface area contributed by atoms with E-state index in [-0.39, 0.29) is 24.2 Å². The van der Waals surface area contributed by atoms with Gasteiger partial charge in [-0.3, -0.25) is 9.59 Å². The fraction of sp³-hybridized carbons (Fsp3) is 0.333. The summed E-state index contributed by atoms with van der Waals surface area (Å²) in [7, 11) is 0. The molecule has 0 bridgehead atoms. The zero-order chi connectivity index (χ0) is 19.9. The quantitative estimate of drug-likeness (QED) is 0.714. The largest absolute Gasteiger partial charge is 0.483 e. The smallest absolute Gasteiger partial charge is 0.262 e. The van der Waals surface area contributed by atoms with E-state index in [0.29, 0.717) is 17.2 Å². The molecule has 1 heterocycles. The number of hydrogen-bond acceptors (Lipinski definition) is 4. The van der Waals surface area contributed by atoms with Gasteiger partial charge in [0.05, 0.1) is 11.3 Å². The van der Waals surface area contributed by atoms with Crippen molar-refractivity contribution < 1.29 is 18.7 Å². The summed E-state index contributed by atoms with van der Waals surface area (Å²) >= 11 is 0. The number of halogens is 1. The first kappa shape index (κ1) is 19.8. The molecule has 28 heavy (non-hydrogen) atoms. The van der Waals surface area contributed by atoms with Gasteiger partial charge in [0.2, 0.25) is 0 Å². The van der Waals surface area contributed by atoms with Gasteiger partial charge in [0.1, 0.15) is 11.6 Å². The lowest BCUT2D eigenvalue weighted by atomic mass is 9.95. The average Bonchev–Trinajstić information content (AvgIpc) is 2.70. The first-order valence-corrected chi connectivity index (χ1v) is 9.32. The Morgan fingerprint density at radius 1 is 1.18 bits per heavy atom. The Morgan fingerprint density at radius 3 is 2.71 bits per heavy atom. The minimum atomic E-state index is -0.522. The van der Waals surface area contributed by atoms with E-state index >= 15 is 0 Å². The number of carbonyl (C=O) groups is 2. The molecule has 2 unspecified atom stereocenters. The summed E-state index contributed by atoms with van der Waals surface area (Å²) in [6.45, 7) is 3.48. The Bertz CT molecular complexity index is 843. The van der Waals surface area contributed by atoms with Crippen molar-refractivity contribution >= 4 is 17.5 Å². The number of nitrogens with one attached hydrogen (secondary N) is 3. The highest BCUT2D eigenvalue weighted by atomic mass is 19.1. The molecule has 1 aliphatic heterocycles. The van der Waals surface area contributed by atoms with Crippen molar-refractivity contribution in [1.82, 2.24) is 10.6 Å². The number of rotatable bonds is 6. The van der Waals surface area contributed by atoms with Gasteiger partial charge in [-0.05, 0) is 49.7 Å². The monoisotopic (exact) mass is 385 g/mol. The lowest BCUT2D eigenvalue weighted by Crippen LogP contribution is -2.48. The zero-order valence-electron chi connectivity index (χ0n) is 15.7. The number of hydrogen-bond donors (Lipinski definition) is 3. The van der Waals surface area contributed by atoms with Gasteiger partial charge >= 0.3 is 0 Å². The van der Waals surface area contributed by atoms with E-state index in [1.165, 1.54) is 12.1 Å². The van der Waals surface area contributed by atoms with E-state index < -0.39 is 11.7 Å². The molecule has 2 atom stereocenters. The predicted octanol–water partition coefficient (Wildman–Crippen LogP) is 2.57. The number of para-hydroxylation sites is 2. The van der Waals surface area contributed by atoms with E-state index in [1.807, 2.05) is 0 Å². The summed E-state index contributed by atoms with van der Waals surface area (Å²) in [5, 5.41) is 8.80. The molecule has 0 spiro atoms. The van der Waals surface area contributed by atoms with Gasteiger partial charge in [0.25, 0.3) is 11.8 Å². The van der Waals surface area contributed by atoms with Crippen LogP contribution in [0.25, 0.3) is 0 Å². The molecule has 0 aromatic heterocycles. The third-order valence-electron chi connectivity index (χ3n) is 4.74. The number of benzene rings is 2. The van der Waals surface area contributed by atoms with Crippen LogP contribution in [-0.4, -0.2) is 37.6 Å². The van der Waals surface area contributed by atoms with Crippen LogP contribution in [0.5, 0.6) is 5.75 Å². The molecule has 1 saturated heterocycles. The maximum atomic E-state index is 13.6. The molecule has 3 rings (SSSR count). The molecule has 2 aromatic rings. The van der Waals surface area contributed by atoms with Crippen LogP contribution in [-0.2, 0) is 4.79 Å². The van der Waals surface area contributed by atoms with Crippen LogP contribution in [0.1, 0.15) is 23.7 Å². The van der Waals surface area contributed by atoms with Gasteiger partial charge < -0.3 is 20.7 Å². The molecule has 1 aliphatic rings. The highest BCUT2D eigenvalue weighted by Gasteiger charge is 2.24. The summed E-state index contributed by atoms with van der Waals surface area (Å²) in [4.78, 5) is 24.8. The van der Waals surface area contributed by atoms with E-state index in [9.17, 15) is 14.0 Å². The summed E-state index contributed by atoms with van der Waals surface area (Å²) in [6, 6.07) is 12.8. The van der Waals surface area contributed by atoms with Gasteiger partial charge in [-0.25, -0.2) is 4.39 Å².